The molecule has 0 heterocycles. The Morgan fingerprint density at radius 1 is 1.30 bits per heavy atom. The minimum atomic E-state index is -0.0280. The summed E-state index contributed by atoms with van der Waals surface area (Å²) >= 11 is 1.77. The fourth-order valence-corrected chi connectivity index (χ4v) is 2.72. The van der Waals surface area contributed by atoms with Crippen LogP contribution in [0.1, 0.15) is 42.1 Å². The predicted octanol–water partition coefficient (Wildman–Crippen LogP) is 3.08. The second-order valence-electron chi connectivity index (χ2n) is 5.01. The summed E-state index contributed by atoms with van der Waals surface area (Å²) in [5, 5.41) is 12.0. The van der Waals surface area contributed by atoms with Crippen LogP contribution in [-0.4, -0.2) is 30.4 Å². The van der Waals surface area contributed by atoms with Crippen LogP contribution in [0.5, 0.6) is 0 Å². The van der Waals surface area contributed by atoms with Gasteiger partial charge in [0.2, 0.25) is 0 Å². The second kappa shape index (κ2) is 9.83. The fraction of sp³-hybridized carbons (Fsp3) is 0.562. The molecule has 112 valence electrons. The number of amides is 1. The zero-order valence-corrected chi connectivity index (χ0v) is 13.2. The van der Waals surface area contributed by atoms with Crippen LogP contribution in [0.25, 0.3) is 0 Å². The zero-order chi connectivity index (χ0) is 14.8. The van der Waals surface area contributed by atoms with Crippen molar-refractivity contribution in [2.24, 2.45) is 5.92 Å². The average molecular weight is 295 g/mol. The van der Waals surface area contributed by atoms with Gasteiger partial charge in [-0.1, -0.05) is 25.5 Å². The van der Waals surface area contributed by atoms with Crippen LogP contribution < -0.4 is 5.32 Å². The van der Waals surface area contributed by atoms with Gasteiger partial charge in [-0.2, -0.15) is 11.8 Å². The van der Waals surface area contributed by atoms with Crippen molar-refractivity contribution in [1.82, 2.24) is 5.32 Å². The molecule has 1 amide bonds. The fourth-order valence-electron chi connectivity index (χ4n) is 2.20. The molecule has 0 spiro atoms. The molecule has 0 saturated carbocycles. The lowest BCUT2D eigenvalue weighted by molar-refractivity contribution is 0.0943. The van der Waals surface area contributed by atoms with E-state index in [1.807, 2.05) is 24.3 Å². The zero-order valence-electron chi connectivity index (χ0n) is 12.4. The first kappa shape index (κ1) is 17.1. The Morgan fingerprint density at radius 2 is 2.00 bits per heavy atom. The maximum Gasteiger partial charge on any atom is 0.251 e. The van der Waals surface area contributed by atoms with E-state index in [9.17, 15) is 4.79 Å². The highest BCUT2D eigenvalue weighted by Gasteiger charge is 2.10. The third kappa shape index (κ3) is 5.97. The molecule has 20 heavy (non-hydrogen) atoms. The Morgan fingerprint density at radius 3 is 2.55 bits per heavy atom. The molecule has 0 radical (unpaired) electrons. The molecule has 1 atom stereocenters. The first-order valence-corrected chi connectivity index (χ1v) is 8.57. The van der Waals surface area contributed by atoms with Gasteiger partial charge in [0.25, 0.3) is 5.91 Å². The Bertz CT molecular complexity index is 386. The van der Waals surface area contributed by atoms with Gasteiger partial charge in [0, 0.05) is 24.5 Å². The summed E-state index contributed by atoms with van der Waals surface area (Å²) in [7, 11) is 0. The predicted molar refractivity (Wildman–Crippen MR) is 86.1 cm³/mol. The van der Waals surface area contributed by atoms with Crippen LogP contribution >= 0.6 is 11.8 Å². The minimum absolute atomic E-state index is 0.0280. The summed E-state index contributed by atoms with van der Waals surface area (Å²) in [4.78, 5) is 12.0. The van der Waals surface area contributed by atoms with Crippen molar-refractivity contribution in [2.75, 3.05) is 19.4 Å². The van der Waals surface area contributed by atoms with E-state index >= 15 is 0 Å². The Hall–Kier alpha value is -1.00. The molecule has 1 rings (SSSR count). The molecule has 0 saturated heterocycles. The number of hydrogen-bond acceptors (Lipinski definition) is 3. The summed E-state index contributed by atoms with van der Waals surface area (Å²) in [6.45, 7) is 2.94. The summed E-state index contributed by atoms with van der Waals surface area (Å²) in [5.41, 5.74) is 1.94. The Kier molecular flexibility index (Phi) is 8.38. The van der Waals surface area contributed by atoms with E-state index in [-0.39, 0.29) is 12.5 Å². The van der Waals surface area contributed by atoms with E-state index < -0.39 is 0 Å². The maximum absolute atomic E-state index is 12.0. The van der Waals surface area contributed by atoms with Gasteiger partial charge in [0.15, 0.2) is 0 Å². The smallest absolute Gasteiger partial charge is 0.251 e. The van der Waals surface area contributed by atoms with Crippen LogP contribution in [0.2, 0.25) is 0 Å². The SMILES string of the molecule is CCCC(CCO)CNC(=O)c1ccc(CSC)cc1. The molecule has 4 heteroatoms. The molecule has 1 unspecified atom stereocenters. The van der Waals surface area contributed by atoms with Gasteiger partial charge in [-0.25, -0.2) is 0 Å². The molecule has 2 N–H and O–H groups in total. The van der Waals surface area contributed by atoms with Crippen LogP contribution in [0.3, 0.4) is 0 Å². The van der Waals surface area contributed by atoms with Gasteiger partial charge in [0.1, 0.15) is 0 Å². The molecule has 0 fully saturated rings. The second-order valence-corrected chi connectivity index (χ2v) is 5.87. The van der Waals surface area contributed by atoms with Crippen molar-refractivity contribution in [3.8, 4) is 0 Å². The van der Waals surface area contributed by atoms with Gasteiger partial charge in [-0.3, -0.25) is 4.79 Å². The molecular weight excluding hydrogens is 270 g/mol. The standard InChI is InChI=1S/C16H25NO2S/c1-3-4-13(9-10-18)11-17-16(19)15-7-5-14(6-8-15)12-20-2/h5-8,13,18H,3-4,9-12H2,1-2H3,(H,17,19). The normalized spacial score (nSPS) is 12.2. The van der Waals surface area contributed by atoms with Crippen molar-refractivity contribution >= 4 is 17.7 Å². The van der Waals surface area contributed by atoms with Gasteiger partial charge in [0.05, 0.1) is 0 Å². The third-order valence-electron chi connectivity index (χ3n) is 3.31. The Labute approximate surface area is 126 Å². The molecular formula is C16H25NO2S. The molecule has 1 aromatic carbocycles. The molecule has 0 aliphatic rings. The first-order valence-electron chi connectivity index (χ1n) is 7.18. The largest absolute Gasteiger partial charge is 0.396 e. The monoisotopic (exact) mass is 295 g/mol. The van der Waals surface area contributed by atoms with Crippen LogP contribution in [0.15, 0.2) is 24.3 Å². The van der Waals surface area contributed by atoms with Gasteiger partial charge in [-0.15, -0.1) is 0 Å². The van der Waals surface area contributed by atoms with Crippen LogP contribution in [0, 0.1) is 5.92 Å². The van der Waals surface area contributed by atoms with Gasteiger partial charge < -0.3 is 10.4 Å². The van der Waals surface area contributed by atoms with E-state index in [1.54, 1.807) is 11.8 Å². The highest BCUT2D eigenvalue weighted by Crippen LogP contribution is 2.12. The number of aliphatic hydroxyl groups excluding tert-OH is 1. The van der Waals surface area contributed by atoms with Crippen LogP contribution in [-0.2, 0) is 5.75 Å². The summed E-state index contributed by atoms with van der Waals surface area (Å²) in [6, 6.07) is 7.76. The number of benzene rings is 1. The highest BCUT2D eigenvalue weighted by atomic mass is 32.2. The molecule has 1 aromatic rings. The van der Waals surface area contributed by atoms with Crippen molar-refractivity contribution < 1.29 is 9.90 Å². The number of carbonyl (C=O) groups excluding carboxylic acids is 1. The number of nitrogens with one attached hydrogen (secondary N) is 1. The van der Waals surface area contributed by atoms with Crippen LogP contribution in [0.4, 0.5) is 0 Å². The number of aliphatic hydroxyl groups is 1. The Balaban J connectivity index is 2.48. The first-order chi connectivity index (χ1) is 9.71. The van der Waals surface area contributed by atoms with Crippen molar-refractivity contribution in [1.29, 1.82) is 0 Å². The van der Waals surface area contributed by atoms with E-state index in [0.29, 0.717) is 18.0 Å². The molecule has 0 aromatic heterocycles. The lowest BCUT2D eigenvalue weighted by atomic mass is 10.00. The molecule has 3 nitrogen and oxygen atoms in total. The highest BCUT2D eigenvalue weighted by molar-refractivity contribution is 7.97. The minimum Gasteiger partial charge on any atom is -0.396 e. The number of hydrogen-bond donors (Lipinski definition) is 2. The van der Waals surface area contributed by atoms with Crippen molar-refractivity contribution in [2.45, 2.75) is 31.9 Å². The molecule has 0 aliphatic heterocycles. The van der Waals surface area contributed by atoms with E-state index in [0.717, 1.165) is 25.0 Å². The summed E-state index contributed by atoms with van der Waals surface area (Å²) in [6.07, 6.45) is 4.92. The quantitative estimate of drug-likeness (QED) is 0.736. The number of thioether (sulfide) groups is 1. The van der Waals surface area contributed by atoms with E-state index in [1.165, 1.54) is 5.56 Å². The lowest BCUT2D eigenvalue weighted by Gasteiger charge is -2.15. The molecule has 0 aliphatic carbocycles. The average Bonchev–Trinajstić information content (AvgIpc) is 2.46. The van der Waals surface area contributed by atoms with Gasteiger partial charge in [-0.05, 0) is 42.7 Å². The number of carbonyl (C=O) groups is 1. The topological polar surface area (TPSA) is 49.3 Å². The van der Waals surface area contributed by atoms with Crippen molar-refractivity contribution in [3.63, 3.8) is 0 Å². The third-order valence-corrected chi connectivity index (χ3v) is 3.93. The lowest BCUT2D eigenvalue weighted by Crippen LogP contribution is -2.29. The van der Waals surface area contributed by atoms with Crippen molar-refractivity contribution in [3.05, 3.63) is 35.4 Å². The number of rotatable bonds is 9. The maximum atomic E-state index is 12.0. The van der Waals surface area contributed by atoms with E-state index in [4.69, 9.17) is 5.11 Å². The van der Waals surface area contributed by atoms with Gasteiger partial charge >= 0.3 is 0 Å². The molecule has 0 bridgehead atoms. The summed E-state index contributed by atoms with van der Waals surface area (Å²) < 4.78 is 0. The summed E-state index contributed by atoms with van der Waals surface area (Å²) in [5.74, 6) is 1.31. The van der Waals surface area contributed by atoms with E-state index in [2.05, 4.69) is 18.5 Å².